The van der Waals surface area contributed by atoms with Crippen molar-refractivity contribution in [2.24, 2.45) is 0 Å². The molecule has 0 aliphatic heterocycles. The fraction of sp³-hybridized carbons (Fsp3) is 0.273. The molecular weight excluding hydrogens is 180 g/mol. The molecule has 0 saturated carbocycles. The lowest BCUT2D eigenvalue weighted by Crippen LogP contribution is -1.94. The predicted molar refractivity (Wildman–Crippen MR) is 59.5 cm³/mol. The fourth-order valence-corrected chi connectivity index (χ4v) is 1.76. The van der Waals surface area contributed by atoms with E-state index in [-0.39, 0.29) is 5.44 Å². The second-order valence-electron chi connectivity index (χ2n) is 2.81. The van der Waals surface area contributed by atoms with Gasteiger partial charge in [-0.25, -0.2) is 0 Å². The first-order valence-electron chi connectivity index (χ1n) is 4.24. The Morgan fingerprint density at radius 3 is 2.85 bits per heavy atom. The lowest BCUT2D eigenvalue weighted by molar-refractivity contribution is 0.284. The average molecular weight is 194 g/mol. The van der Waals surface area contributed by atoms with E-state index in [1.54, 1.807) is 6.92 Å². The van der Waals surface area contributed by atoms with E-state index in [2.05, 4.69) is 12.6 Å². The molecule has 1 N–H and O–H groups in total. The van der Waals surface area contributed by atoms with Crippen molar-refractivity contribution in [1.82, 2.24) is 0 Å². The van der Waals surface area contributed by atoms with Crippen LogP contribution in [0.2, 0.25) is 0 Å². The number of thioether (sulfide) groups is 1. The number of hydrogen-bond donors (Lipinski definition) is 1. The molecule has 70 valence electrons. The van der Waals surface area contributed by atoms with Gasteiger partial charge >= 0.3 is 0 Å². The van der Waals surface area contributed by atoms with Gasteiger partial charge in [0, 0.05) is 5.75 Å². The van der Waals surface area contributed by atoms with Gasteiger partial charge in [-0.05, 0) is 18.1 Å². The maximum absolute atomic E-state index is 9.11. The van der Waals surface area contributed by atoms with Crippen molar-refractivity contribution >= 4 is 17.8 Å². The van der Waals surface area contributed by atoms with Crippen molar-refractivity contribution in [3.63, 3.8) is 0 Å². The smallest absolute Gasteiger partial charge is 0.0967 e. The highest BCUT2D eigenvalue weighted by molar-refractivity contribution is 7.98. The Morgan fingerprint density at radius 2 is 2.23 bits per heavy atom. The molecule has 0 spiro atoms. The summed E-state index contributed by atoms with van der Waals surface area (Å²) >= 11 is 1.52. The van der Waals surface area contributed by atoms with E-state index in [0.717, 1.165) is 11.3 Å². The highest BCUT2D eigenvalue weighted by atomic mass is 32.2. The Morgan fingerprint density at radius 1 is 1.54 bits per heavy atom. The van der Waals surface area contributed by atoms with Crippen LogP contribution < -0.4 is 0 Å². The third kappa shape index (κ3) is 3.25. The van der Waals surface area contributed by atoms with Crippen LogP contribution in [-0.2, 0) is 5.75 Å². The molecule has 0 fully saturated rings. The van der Waals surface area contributed by atoms with Gasteiger partial charge in [0.1, 0.15) is 0 Å². The maximum atomic E-state index is 9.11. The summed E-state index contributed by atoms with van der Waals surface area (Å²) in [4.78, 5) is 0. The summed E-state index contributed by atoms with van der Waals surface area (Å²) in [5.41, 5.74) is 2.07. The average Bonchev–Trinajstić information content (AvgIpc) is 2.15. The van der Waals surface area contributed by atoms with Crippen LogP contribution in [0.3, 0.4) is 0 Å². The zero-order valence-corrected chi connectivity index (χ0v) is 8.55. The second-order valence-corrected chi connectivity index (χ2v) is 4.12. The summed E-state index contributed by atoms with van der Waals surface area (Å²) in [7, 11) is 0. The summed E-state index contributed by atoms with van der Waals surface area (Å²) in [5, 5.41) is 9.11. The lowest BCUT2D eigenvalue weighted by atomic mass is 10.1. The first-order chi connectivity index (χ1) is 6.24. The number of aliphatic hydroxyl groups excluding tert-OH is 1. The monoisotopic (exact) mass is 194 g/mol. The minimum atomic E-state index is -0.308. The fourth-order valence-electron chi connectivity index (χ4n) is 1.08. The summed E-state index contributed by atoms with van der Waals surface area (Å²) in [6.07, 6.45) is 1.85. The zero-order valence-electron chi connectivity index (χ0n) is 7.73. The molecule has 0 aliphatic rings. The first kappa shape index (κ1) is 10.4. The number of benzene rings is 1. The Balaban J connectivity index is 2.69. The number of aliphatic hydroxyl groups is 1. The molecule has 1 unspecified atom stereocenters. The molecule has 0 aliphatic carbocycles. The summed E-state index contributed by atoms with van der Waals surface area (Å²) in [6, 6.07) is 8.09. The Kier molecular flexibility index (Phi) is 4.06. The van der Waals surface area contributed by atoms with Gasteiger partial charge < -0.3 is 5.11 Å². The highest BCUT2D eigenvalue weighted by Crippen LogP contribution is 2.19. The molecule has 1 aromatic carbocycles. The van der Waals surface area contributed by atoms with Gasteiger partial charge in [-0.3, -0.25) is 0 Å². The van der Waals surface area contributed by atoms with E-state index in [0.29, 0.717) is 0 Å². The van der Waals surface area contributed by atoms with E-state index in [4.69, 9.17) is 5.11 Å². The summed E-state index contributed by atoms with van der Waals surface area (Å²) in [5.74, 6) is 0.833. The lowest BCUT2D eigenvalue weighted by Gasteiger charge is -2.06. The molecule has 0 radical (unpaired) electrons. The number of rotatable bonds is 4. The van der Waals surface area contributed by atoms with Crippen molar-refractivity contribution in [3.8, 4) is 0 Å². The van der Waals surface area contributed by atoms with Crippen molar-refractivity contribution in [3.05, 3.63) is 42.0 Å². The largest absolute Gasteiger partial charge is 0.383 e. The number of hydrogen-bond acceptors (Lipinski definition) is 2. The molecule has 13 heavy (non-hydrogen) atoms. The van der Waals surface area contributed by atoms with Crippen molar-refractivity contribution in [1.29, 1.82) is 0 Å². The zero-order chi connectivity index (χ0) is 9.68. The van der Waals surface area contributed by atoms with E-state index < -0.39 is 0 Å². The highest BCUT2D eigenvalue weighted by Gasteiger charge is 2.00. The molecular formula is C11H14OS. The van der Waals surface area contributed by atoms with Gasteiger partial charge in [0.15, 0.2) is 0 Å². The van der Waals surface area contributed by atoms with Gasteiger partial charge in [0.25, 0.3) is 0 Å². The minimum absolute atomic E-state index is 0.308. The molecule has 0 bridgehead atoms. The third-order valence-electron chi connectivity index (χ3n) is 1.76. The van der Waals surface area contributed by atoms with Crippen LogP contribution in [0.25, 0.3) is 6.08 Å². The molecule has 0 aromatic heterocycles. The molecule has 1 aromatic rings. The topological polar surface area (TPSA) is 20.2 Å². The molecule has 0 amide bonds. The van der Waals surface area contributed by atoms with Crippen LogP contribution in [0.4, 0.5) is 0 Å². The minimum Gasteiger partial charge on any atom is -0.383 e. The van der Waals surface area contributed by atoms with Crippen molar-refractivity contribution < 1.29 is 5.11 Å². The van der Waals surface area contributed by atoms with E-state index in [1.807, 2.05) is 24.3 Å². The normalized spacial score (nSPS) is 12.5. The van der Waals surface area contributed by atoms with E-state index in [1.165, 1.54) is 17.3 Å². The molecule has 1 rings (SSSR count). The standard InChI is InChI=1S/C11H14OS/c1-3-10-6-4-5-7-11(10)8-13-9(2)12/h3-7,9,12H,1,8H2,2H3. The Labute approximate surface area is 83.5 Å². The Hall–Kier alpha value is -0.730. The quantitative estimate of drug-likeness (QED) is 0.744. The summed E-state index contributed by atoms with van der Waals surface area (Å²) in [6.45, 7) is 5.53. The molecule has 2 heteroatoms. The van der Waals surface area contributed by atoms with Gasteiger partial charge in [-0.1, -0.05) is 36.9 Å². The van der Waals surface area contributed by atoms with Crippen LogP contribution in [0.15, 0.2) is 30.8 Å². The molecule has 1 atom stereocenters. The van der Waals surface area contributed by atoms with Crippen LogP contribution in [-0.4, -0.2) is 10.5 Å². The van der Waals surface area contributed by atoms with Crippen molar-refractivity contribution in [2.45, 2.75) is 18.1 Å². The van der Waals surface area contributed by atoms with Crippen LogP contribution in [0, 0.1) is 0 Å². The third-order valence-corrected chi connectivity index (χ3v) is 2.72. The van der Waals surface area contributed by atoms with Crippen LogP contribution >= 0.6 is 11.8 Å². The summed E-state index contributed by atoms with van der Waals surface area (Å²) < 4.78 is 0. The van der Waals surface area contributed by atoms with Crippen LogP contribution in [0.1, 0.15) is 18.1 Å². The van der Waals surface area contributed by atoms with Gasteiger partial charge in [0.05, 0.1) is 5.44 Å². The van der Waals surface area contributed by atoms with E-state index >= 15 is 0 Å². The SMILES string of the molecule is C=Cc1ccccc1CSC(C)O. The van der Waals surface area contributed by atoms with Crippen molar-refractivity contribution in [2.75, 3.05) is 0 Å². The van der Waals surface area contributed by atoms with Gasteiger partial charge in [-0.2, -0.15) is 0 Å². The van der Waals surface area contributed by atoms with Gasteiger partial charge in [0.2, 0.25) is 0 Å². The first-order valence-corrected chi connectivity index (χ1v) is 5.29. The van der Waals surface area contributed by atoms with Gasteiger partial charge in [-0.15, -0.1) is 11.8 Å². The predicted octanol–water partition coefficient (Wildman–Crippen LogP) is 2.90. The molecule has 0 heterocycles. The second kappa shape index (κ2) is 5.10. The Bertz CT molecular complexity index is 281. The molecule has 1 nitrogen and oxygen atoms in total. The van der Waals surface area contributed by atoms with Crippen LogP contribution in [0.5, 0.6) is 0 Å². The molecule has 0 saturated heterocycles. The van der Waals surface area contributed by atoms with E-state index in [9.17, 15) is 0 Å². The maximum Gasteiger partial charge on any atom is 0.0967 e.